The average Bonchev–Trinajstić information content (AvgIpc) is 2.91. The Morgan fingerprint density at radius 2 is 2.11 bits per heavy atom. The fraction of sp³-hybridized carbons (Fsp3) is 0.500. The molecule has 0 spiro atoms. The molecule has 0 aliphatic rings. The standard InChI is InChI=1S/C12H18N2O4/c1-17-9-8-14(7-5-11(15)18-2)12(16)10-4-3-6-13-10/h3-4,6,13H,5,7-9H2,1-2H3. The van der Waals surface area contributed by atoms with Crippen molar-refractivity contribution in [2.24, 2.45) is 0 Å². The van der Waals surface area contributed by atoms with Crippen LogP contribution in [0.1, 0.15) is 16.9 Å². The fourth-order valence-corrected chi connectivity index (χ4v) is 1.48. The number of carbonyl (C=O) groups is 2. The van der Waals surface area contributed by atoms with Crippen LogP contribution in [-0.2, 0) is 14.3 Å². The Morgan fingerprint density at radius 1 is 1.33 bits per heavy atom. The summed E-state index contributed by atoms with van der Waals surface area (Å²) in [6.45, 7) is 1.17. The van der Waals surface area contributed by atoms with Crippen LogP contribution in [0.2, 0.25) is 0 Å². The number of ether oxygens (including phenoxy) is 2. The number of rotatable bonds is 7. The summed E-state index contributed by atoms with van der Waals surface area (Å²) in [5.74, 6) is -0.488. The highest BCUT2D eigenvalue weighted by Gasteiger charge is 2.17. The maximum Gasteiger partial charge on any atom is 0.307 e. The first-order valence-corrected chi connectivity index (χ1v) is 5.67. The largest absolute Gasteiger partial charge is 0.469 e. The molecule has 100 valence electrons. The predicted molar refractivity (Wildman–Crippen MR) is 65.2 cm³/mol. The Morgan fingerprint density at radius 3 is 2.67 bits per heavy atom. The van der Waals surface area contributed by atoms with Gasteiger partial charge in [-0.05, 0) is 12.1 Å². The summed E-state index contributed by atoms with van der Waals surface area (Å²) < 4.78 is 9.51. The molecule has 0 saturated heterocycles. The molecule has 0 bridgehead atoms. The van der Waals surface area contributed by atoms with Crippen LogP contribution in [0, 0.1) is 0 Å². The third kappa shape index (κ3) is 4.21. The van der Waals surface area contributed by atoms with Crippen molar-refractivity contribution in [1.82, 2.24) is 9.88 Å². The van der Waals surface area contributed by atoms with E-state index in [-0.39, 0.29) is 18.3 Å². The Hall–Kier alpha value is -1.82. The minimum absolute atomic E-state index is 0.152. The zero-order valence-electron chi connectivity index (χ0n) is 10.6. The molecule has 0 aliphatic heterocycles. The van der Waals surface area contributed by atoms with Gasteiger partial charge in [-0.3, -0.25) is 9.59 Å². The monoisotopic (exact) mass is 254 g/mol. The smallest absolute Gasteiger partial charge is 0.307 e. The van der Waals surface area contributed by atoms with Crippen LogP contribution < -0.4 is 0 Å². The number of hydrogen-bond acceptors (Lipinski definition) is 4. The first kappa shape index (κ1) is 14.2. The predicted octanol–water partition coefficient (Wildman–Crippen LogP) is 0.666. The molecule has 0 fully saturated rings. The van der Waals surface area contributed by atoms with E-state index in [2.05, 4.69) is 9.72 Å². The van der Waals surface area contributed by atoms with Gasteiger partial charge < -0.3 is 19.4 Å². The van der Waals surface area contributed by atoms with E-state index in [4.69, 9.17) is 4.74 Å². The van der Waals surface area contributed by atoms with Gasteiger partial charge in [-0.25, -0.2) is 0 Å². The topological polar surface area (TPSA) is 71.6 Å². The molecule has 0 aliphatic carbocycles. The summed E-state index contributed by atoms with van der Waals surface area (Å²) >= 11 is 0. The molecule has 0 atom stereocenters. The zero-order valence-corrected chi connectivity index (χ0v) is 10.6. The number of hydrogen-bond donors (Lipinski definition) is 1. The van der Waals surface area contributed by atoms with Gasteiger partial charge in [0.1, 0.15) is 5.69 Å². The molecule has 6 nitrogen and oxygen atoms in total. The van der Waals surface area contributed by atoms with E-state index < -0.39 is 0 Å². The van der Waals surface area contributed by atoms with Crippen LogP contribution in [0.4, 0.5) is 0 Å². The number of nitrogens with zero attached hydrogens (tertiary/aromatic N) is 1. The molecule has 0 radical (unpaired) electrons. The first-order chi connectivity index (χ1) is 8.69. The molecule has 1 rings (SSSR count). The second-order valence-corrected chi connectivity index (χ2v) is 3.69. The molecule has 1 aromatic rings. The lowest BCUT2D eigenvalue weighted by molar-refractivity contribution is -0.140. The number of carbonyl (C=O) groups excluding carboxylic acids is 2. The Labute approximate surface area is 106 Å². The minimum atomic E-state index is -0.336. The van der Waals surface area contributed by atoms with E-state index in [1.807, 2.05) is 0 Å². The van der Waals surface area contributed by atoms with Gasteiger partial charge in [0.25, 0.3) is 5.91 Å². The van der Waals surface area contributed by atoms with Gasteiger partial charge in [0.2, 0.25) is 0 Å². The maximum absolute atomic E-state index is 12.1. The SMILES string of the molecule is COCCN(CCC(=O)OC)C(=O)c1ccc[nH]1. The molecular weight excluding hydrogens is 236 g/mol. The summed E-state index contributed by atoms with van der Waals surface area (Å²) in [4.78, 5) is 27.6. The van der Waals surface area contributed by atoms with Crippen molar-refractivity contribution >= 4 is 11.9 Å². The molecule has 1 N–H and O–H groups in total. The second-order valence-electron chi connectivity index (χ2n) is 3.69. The van der Waals surface area contributed by atoms with Crippen molar-refractivity contribution in [2.45, 2.75) is 6.42 Å². The van der Waals surface area contributed by atoms with Crippen molar-refractivity contribution in [3.8, 4) is 0 Å². The molecule has 1 amide bonds. The first-order valence-electron chi connectivity index (χ1n) is 5.67. The molecule has 0 unspecified atom stereocenters. The van der Waals surface area contributed by atoms with Gasteiger partial charge in [-0.1, -0.05) is 0 Å². The summed E-state index contributed by atoms with van der Waals surface area (Å²) in [5, 5.41) is 0. The fourth-order valence-electron chi connectivity index (χ4n) is 1.48. The van der Waals surface area contributed by atoms with E-state index in [1.54, 1.807) is 30.3 Å². The molecule has 18 heavy (non-hydrogen) atoms. The van der Waals surface area contributed by atoms with Crippen LogP contribution in [0.15, 0.2) is 18.3 Å². The van der Waals surface area contributed by atoms with Crippen molar-refractivity contribution in [1.29, 1.82) is 0 Å². The Bertz CT molecular complexity index is 375. The zero-order chi connectivity index (χ0) is 13.4. The second kappa shape index (κ2) is 7.50. The number of H-pyrrole nitrogens is 1. The number of aromatic nitrogens is 1. The van der Waals surface area contributed by atoms with E-state index in [9.17, 15) is 9.59 Å². The van der Waals surface area contributed by atoms with E-state index in [0.29, 0.717) is 25.4 Å². The van der Waals surface area contributed by atoms with Crippen molar-refractivity contribution < 1.29 is 19.1 Å². The molecule has 1 heterocycles. The average molecular weight is 254 g/mol. The van der Waals surface area contributed by atoms with Gasteiger partial charge in [-0.15, -0.1) is 0 Å². The highest BCUT2D eigenvalue weighted by Crippen LogP contribution is 2.03. The molecule has 0 aromatic carbocycles. The molecule has 0 saturated carbocycles. The molecular formula is C12H18N2O4. The van der Waals surface area contributed by atoms with Gasteiger partial charge in [0, 0.05) is 26.4 Å². The summed E-state index contributed by atoms with van der Waals surface area (Å²) in [5.41, 5.74) is 0.496. The third-order valence-corrected chi connectivity index (χ3v) is 2.49. The molecule has 6 heteroatoms. The lowest BCUT2D eigenvalue weighted by Gasteiger charge is -2.21. The quantitative estimate of drug-likeness (QED) is 0.726. The highest BCUT2D eigenvalue weighted by molar-refractivity contribution is 5.92. The normalized spacial score (nSPS) is 10.1. The van der Waals surface area contributed by atoms with Crippen LogP contribution in [0.25, 0.3) is 0 Å². The van der Waals surface area contributed by atoms with Crippen LogP contribution in [-0.4, -0.2) is 55.7 Å². The van der Waals surface area contributed by atoms with Crippen LogP contribution in [0.3, 0.4) is 0 Å². The van der Waals surface area contributed by atoms with Crippen molar-refractivity contribution in [2.75, 3.05) is 33.9 Å². The third-order valence-electron chi connectivity index (χ3n) is 2.49. The summed E-state index contributed by atoms with van der Waals surface area (Å²) in [6.07, 6.45) is 1.86. The minimum Gasteiger partial charge on any atom is -0.469 e. The van der Waals surface area contributed by atoms with Crippen molar-refractivity contribution in [3.63, 3.8) is 0 Å². The van der Waals surface area contributed by atoms with Gasteiger partial charge in [0.15, 0.2) is 0 Å². The van der Waals surface area contributed by atoms with E-state index in [1.165, 1.54) is 7.11 Å². The Kier molecular flexibility index (Phi) is 5.93. The van der Waals surface area contributed by atoms with Crippen molar-refractivity contribution in [3.05, 3.63) is 24.0 Å². The molecule has 1 aromatic heterocycles. The number of amides is 1. The summed E-state index contributed by atoms with van der Waals surface area (Å²) in [6, 6.07) is 3.45. The van der Waals surface area contributed by atoms with E-state index >= 15 is 0 Å². The lowest BCUT2D eigenvalue weighted by atomic mass is 10.3. The lowest BCUT2D eigenvalue weighted by Crippen LogP contribution is -2.36. The number of aromatic amines is 1. The summed E-state index contributed by atoms with van der Waals surface area (Å²) in [7, 11) is 2.90. The highest BCUT2D eigenvalue weighted by atomic mass is 16.5. The van der Waals surface area contributed by atoms with Crippen LogP contribution in [0.5, 0.6) is 0 Å². The maximum atomic E-state index is 12.1. The van der Waals surface area contributed by atoms with E-state index in [0.717, 1.165) is 0 Å². The number of esters is 1. The Balaban J connectivity index is 2.59. The van der Waals surface area contributed by atoms with Gasteiger partial charge in [0.05, 0.1) is 20.1 Å². The van der Waals surface area contributed by atoms with Crippen LogP contribution >= 0.6 is 0 Å². The number of methoxy groups -OCH3 is 2. The van der Waals surface area contributed by atoms with Gasteiger partial charge in [-0.2, -0.15) is 0 Å². The number of nitrogens with one attached hydrogen (secondary N) is 1. The van der Waals surface area contributed by atoms with Gasteiger partial charge >= 0.3 is 5.97 Å².